The van der Waals surface area contributed by atoms with Crippen molar-refractivity contribution in [3.05, 3.63) is 40.9 Å². The summed E-state index contributed by atoms with van der Waals surface area (Å²) in [6, 6.07) is 4.76. The Morgan fingerprint density at radius 1 is 1.39 bits per heavy atom. The third-order valence-corrected chi connectivity index (χ3v) is 3.88. The first-order chi connectivity index (χ1) is 8.74. The topological polar surface area (TPSA) is 20.7 Å². The van der Waals surface area contributed by atoms with Gasteiger partial charge in [-0.05, 0) is 55.6 Å². The van der Waals surface area contributed by atoms with E-state index in [-0.39, 0.29) is 5.82 Å². The quantitative estimate of drug-likeness (QED) is 0.635. The zero-order chi connectivity index (χ0) is 12.5. The molecule has 4 heteroatoms. The Bertz CT molecular complexity index is 653. The highest BCUT2D eigenvalue weighted by Crippen LogP contribution is 2.23. The molecule has 0 fully saturated rings. The molecule has 1 aliphatic rings. The molecule has 0 spiro atoms. The second kappa shape index (κ2) is 4.69. The van der Waals surface area contributed by atoms with Crippen LogP contribution in [-0.2, 0) is 6.54 Å². The van der Waals surface area contributed by atoms with Gasteiger partial charge < -0.3 is 9.55 Å². The Hall–Kier alpha value is -1.42. The summed E-state index contributed by atoms with van der Waals surface area (Å²) in [5.74, 6) is 0.387. The zero-order valence-electron chi connectivity index (χ0n) is 10.0. The molecule has 3 rings (SSSR count). The predicted octanol–water partition coefficient (Wildman–Crippen LogP) is 4.19. The molecule has 1 atom stereocenters. The summed E-state index contributed by atoms with van der Waals surface area (Å²) in [4.78, 5) is 3.14. The van der Waals surface area contributed by atoms with Gasteiger partial charge in [0.05, 0.1) is 11.0 Å². The number of allylic oxidation sites excluding steroid dienone is 2. The lowest BCUT2D eigenvalue weighted by molar-refractivity contribution is 0.413. The fourth-order valence-electron chi connectivity index (χ4n) is 2.59. The molecule has 0 bridgehead atoms. The number of nitrogens with zero attached hydrogens (tertiary/aromatic N) is 1. The lowest BCUT2D eigenvalue weighted by Gasteiger charge is -2.18. The number of nitrogens with one attached hydrogen (secondary N) is 1. The molecule has 0 saturated heterocycles. The Labute approximate surface area is 110 Å². The highest BCUT2D eigenvalue weighted by molar-refractivity contribution is 7.71. The van der Waals surface area contributed by atoms with Crippen LogP contribution in [0.3, 0.4) is 0 Å². The number of aromatic nitrogens is 2. The van der Waals surface area contributed by atoms with Crippen molar-refractivity contribution in [2.45, 2.75) is 25.8 Å². The van der Waals surface area contributed by atoms with Crippen LogP contribution < -0.4 is 0 Å². The van der Waals surface area contributed by atoms with Crippen molar-refractivity contribution in [1.82, 2.24) is 9.55 Å². The van der Waals surface area contributed by atoms with Crippen LogP contribution in [0.25, 0.3) is 11.0 Å². The van der Waals surface area contributed by atoms with E-state index in [2.05, 4.69) is 17.1 Å². The Balaban J connectivity index is 1.99. The highest BCUT2D eigenvalue weighted by Gasteiger charge is 2.13. The van der Waals surface area contributed by atoms with Gasteiger partial charge in [-0.1, -0.05) is 12.2 Å². The smallest absolute Gasteiger partial charge is 0.178 e. The van der Waals surface area contributed by atoms with Gasteiger partial charge in [0.25, 0.3) is 0 Å². The molecule has 1 heterocycles. The van der Waals surface area contributed by atoms with E-state index < -0.39 is 0 Å². The van der Waals surface area contributed by atoms with Gasteiger partial charge in [-0.3, -0.25) is 0 Å². The molecule has 1 aromatic carbocycles. The fourth-order valence-corrected chi connectivity index (χ4v) is 2.87. The van der Waals surface area contributed by atoms with E-state index in [0.717, 1.165) is 30.4 Å². The van der Waals surface area contributed by atoms with Gasteiger partial charge >= 0.3 is 0 Å². The average molecular weight is 262 g/mol. The molecule has 0 saturated carbocycles. The lowest BCUT2D eigenvalue weighted by Crippen LogP contribution is -2.12. The van der Waals surface area contributed by atoms with Crippen molar-refractivity contribution < 1.29 is 4.39 Å². The van der Waals surface area contributed by atoms with Crippen LogP contribution in [0.2, 0.25) is 0 Å². The molecule has 1 unspecified atom stereocenters. The normalized spacial score (nSPS) is 19.5. The molecule has 18 heavy (non-hydrogen) atoms. The van der Waals surface area contributed by atoms with E-state index in [1.165, 1.54) is 12.5 Å². The summed E-state index contributed by atoms with van der Waals surface area (Å²) in [6.45, 7) is 0.868. The lowest BCUT2D eigenvalue weighted by atomic mass is 9.94. The van der Waals surface area contributed by atoms with Crippen LogP contribution in [0.1, 0.15) is 19.3 Å². The number of aromatic amines is 1. The largest absolute Gasteiger partial charge is 0.331 e. The molecule has 2 aromatic rings. The number of fused-ring (bicyclic) bond motifs is 1. The maximum absolute atomic E-state index is 13.3. The molecular weight excluding hydrogens is 247 g/mol. The van der Waals surface area contributed by atoms with Gasteiger partial charge in [-0.25, -0.2) is 4.39 Å². The highest BCUT2D eigenvalue weighted by atomic mass is 32.1. The van der Waals surface area contributed by atoms with Gasteiger partial charge in [-0.15, -0.1) is 0 Å². The molecule has 0 radical (unpaired) electrons. The van der Waals surface area contributed by atoms with Crippen LogP contribution in [0, 0.1) is 16.5 Å². The number of hydrogen-bond donors (Lipinski definition) is 1. The van der Waals surface area contributed by atoms with E-state index in [9.17, 15) is 4.39 Å². The fraction of sp³-hybridized carbons (Fsp3) is 0.357. The molecular formula is C14H15FN2S. The first kappa shape index (κ1) is 11.7. The minimum atomic E-state index is -0.214. The SMILES string of the molecule is Fc1ccc2[nH]c(=S)n(CC3CC=CCC3)c2c1. The van der Waals surface area contributed by atoms with Crippen LogP contribution in [0.15, 0.2) is 30.4 Å². The first-order valence-corrected chi connectivity index (χ1v) is 6.68. The summed E-state index contributed by atoms with van der Waals surface area (Å²) in [5, 5.41) is 0. The van der Waals surface area contributed by atoms with Crippen LogP contribution in [-0.4, -0.2) is 9.55 Å². The van der Waals surface area contributed by atoms with E-state index in [0.29, 0.717) is 10.7 Å². The number of hydrogen-bond acceptors (Lipinski definition) is 1. The second-order valence-electron chi connectivity index (χ2n) is 4.85. The first-order valence-electron chi connectivity index (χ1n) is 6.27. The minimum absolute atomic E-state index is 0.214. The maximum Gasteiger partial charge on any atom is 0.178 e. The predicted molar refractivity (Wildman–Crippen MR) is 73.6 cm³/mol. The molecule has 2 nitrogen and oxygen atoms in total. The summed E-state index contributed by atoms with van der Waals surface area (Å²) in [5.41, 5.74) is 1.78. The molecule has 94 valence electrons. The summed E-state index contributed by atoms with van der Waals surface area (Å²) >= 11 is 5.33. The second-order valence-corrected chi connectivity index (χ2v) is 5.24. The van der Waals surface area contributed by atoms with Crippen LogP contribution >= 0.6 is 12.2 Å². The summed E-state index contributed by atoms with van der Waals surface area (Å²) in [7, 11) is 0. The third-order valence-electron chi connectivity index (χ3n) is 3.56. The van der Waals surface area contributed by atoms with E-state index in [4.69, 9.17) is 12.2 Å². The van der Waals surface area contributed by atoms with E-state index >= 15 is 0 Å². The maximum atomic E-state index is 13.3. The third kappa shape index (κ3) is 2.12. The molecule has 1 N–H and O–H groups in total. The Kier molecular flexibility index (Phi) is 3.04. The van der Waals surface area contributed by atoms with Gasteiger partial charge in [-0.2, -0.15) is 0 Å². The standard InChI is InChI=1S/C14H15FN2S/c15-11-6-7-12-13(8-11)17(14(18)16-12)9-10-4-2-1-3-5-10/h1-2,6-8,10H,3-5,9H2,(H,16,18). The van der Waals surface area contributed by atoms with Gasteiger partial charge in [0, 0.05) is 6.54 Å². The summed E-state index contributed by atoms with van der Waals surface area (Å²) in [6.07, 6.45) is 7.86. The Morgan fingerprint density at radius 2 is 2.28 bits per heavy atom. The van der Waals surface area contributed by atoms with Gasteiger partial charge in [0.2, 0.25) is 0 Å². The number of imidazole rings is 1. The zero-order valence-corrected chi connectivity index (χ0v) is 10.8. The minimum Gasteiger partial charge on any atom is -0.331 e. The Morgan fingerprint density at radius 3 is 3.06 bits per heavy atom. The summed E-state index contributed by atoms with van der Waals surface area (Å²) < 4.78 is 16.0. The molecule has 0 aliphatic heterocycles. The van der Waals surface area contributed by atoms with Crippen LogP contribution in [0.4, 0.5) is 4.39 Å². The average Bonchev–Trinajstić information content (AvgIpc) is 2.67. The van der Waals surface area contributed by atoms with Crippen molar-refractivity contribution in [2.75, 3.05) is 0 Å². The van der Waals surface area contributed by atoms with Crippen molar-refractivity contribution in [2.24, 2.45) is 5.92 Å². The molecule has 0 amide bonds. The van der Waals surface area contributed by atoms with Crippen molar-refractivity contribution in [3.8, 4) is 0 Å². The van der Waals surface area contributed by atoms with Crippen molar-refractivity contribution in [1.29, 1.82) is 0 Å². The molecule has 1 aliphatic carbocycles. The number of H-pyrrole nitrogens is 1. The van der Waals surface area contributed by atoms with Gasteiger partial charge in [0.15, 0.2) is 4.77 Å². The number of halogens is 1. The van der Waals surface area contributed by atoms with E-state index in [1.807, 2.05) is 4.57 Å². The van der Waals surface area contributed by atoms with Crippen molar-refractivity contribution >= 4 is 23.3 Å². The van der Waals surface area contributed by atoms with Gasteiger partial charge in [0.1, 0.15) is 5.82 Å². The van der Waals surface area contributed by atoms with Crippen molar-refractivity contribution in [3.63, 3.8) is 0 Å². The number of benzene rings is 1. The van der Waals surface area contributed by atoms with E-state index in [1.54, 1.807) is 12.1 Å². The van der Waals surface area contributed by atoms with Crippen LogP contribution in [0.5, 0.6) is 0 Å². The monoisotopic (exact) mass is 262 g/mol. The number of rotatable bonds is 2. The molecule has 1 aromatic heterocycles.